The monoisotopic (exact) mass is 286 g/mol. The first-order valence-electron chi connectivity index (χ1n) is 5.22. The van der Waals surface area contributed by atoms with Gasteiger partial charge in [-0.15, -0.1) is 0 Å². The third kappa shape index (κ3) is 3.06. The van der Waals surface area contributed by atoms with Crippen LogP contribution in [0.15, 0.2) is 27.6 Å². The maximum Gasteiger partial charge on any atom is 0.241 e. The smallest absolute Gasteiger partial charge is 0.241 e. The minimum Gasteiger partial charge on any atom is -0.396 e. The van der Waals surface area contributed by atoms with Gasteiger partial charge in [-0.25, -0.2) is 17.5 Å². The van der Waals surface area contributed by atoms with Gasteiger partial charge in [-0.3, -0.25) is 0 Å². The van der Waals surface area contributed by atoms with Crippen LogP contribution in [0.5, 0.6) is 0 Å². The second kappa shape index (κ2) is 4.94. The summed E-state index contributed by atoms with van der Waals surface area (Å²) in [5.74, 6) is -0.275. The van der Waals surface area contributed by atoms with Crippen molar-refractivity contribution in [2.24, 2.45) is 0 Å². The van der Waals surface area contributed by atoms with Crippen molar-refractivity contribution in [2.45, 2.75) is 18.4 Å². The number of nitrogen functional groups attached to an aromatic ring is 1. The lowest BCUT2D eigenvalue weighted by molar-refractivity contribution is 0.387. The zero-order valence-corrected chi connectivity index (χ0v) is 10.7. The Morgan fingerprint density at radius 1 is 1.47 bits per heavy atom. The Balaban J connectivity index is 2.16. The van der Waals surface area contributed by atoms with Gasteiger partial charge in [-0.05, 0) is 18.2 Å². The molecule has 0 fully saturated rings. The summed E-state index contributed by atoms with van der Waals surface area (Å²) in [4.78, 5) is 3.62. The second-order valence-corrected chi connectivity index (χ2v) is 5.50. The number of nitrogens with two attached hydrogens (primary N) is 1. The Kier molecular flexibility index (Phi) is 3.49. The van der Waals surface area contributed by atoms with E-state index in [2.05, 4.69) is 14.9 Å². The summed E-state index contributed by atoms with van der Waals surface area (Å²) in [7, 11) is -3.86. The molecule has 1 aromatic carbocycles. The highest BCUT2D eigenvalue weighted by atomic mass is 32.2. The Labute approximate surface area is 108 Å². The molecule has 19 heavy (non-hydrogen) atoms. The van der Waals surface area contributed by atoms with Gasteiger partial charge in [0.05, 0.1) is 17.1 Å². The topological polar surface area (TPSA) is 111 Å². The number of aryl methyl sites for hydroxylation is 1. The number of anilines is 1. The van der Waals surface area contributed by atoms with E-state index in [1.54, 1.807) is 6.92 Å². The average molecular weight is 286 g/mol. The van der Waals surface area contributed by atoms with Crippen molar-refractivity contribution in [3.05, 3.63) is 35.7 Å². The third-order valence-electron chi connectivity index (χ3n) is 2.27. The number of hydrogen-bond donors (Lipinski definition) is 2. The average Bonchev–Trinajstić information content (AvgIpc) is 2.76. The molecule has 0 saturated heterocycles. The summed E-state index contributed by atoms with van der Waals surface area (Å²) < 4.78 is 43.9. The molecule has 1 heterocycles. The van der Waals surface area contributed by atoms with Crippen LogP contribution < -0.4 is 10.5 Å². The van der Waals surface area contributed by atoms with Gasteiger partial charge < -0.3 is 10.3 Å². The molecular formula is C10H11FN4O3S. The van der Waals surface area contributed by atoms with Crippen molar-refractivity contribution in [3.8, 4) is 0 Å². The largest absolute Gasteiger partial charge is 0.396 e. The van der Waals surface area contributed by atoms with Gasteiger partial charge >= 0.3 is 0 Å². The van der Waals surface area contributed by atoms with Crippen molar-refractivity contribution in [3.63, 3.8) is 0 Å². The first-order chi connectivity index (χ1) is 8.88. The highest BCUT2D eigenvalue weighted by molar-refractivity contribution is 7.89. The quantitative estimate of drug-likeness (QED) is 0.795. The predicted octanol–water partition coefficient (Wildman–Crippen LogP) is 0.578. The molecule has 0 aliphatic carbocycles. The number of nitrogens with one attached hydrogen (secondary N) is 1. The molecule has 7 nitrogen and oxygen atoms in total. The van der Waals surface area contributed by atoms with Crippen molar-refractivity contribution in [1.29, 1.82) is 0 Å². The van der Waals surface area contributed by atoms with Gasteiger partial charge in [0.25, 0.3) is 0 Å². The van der Waals surface area contributed by atoms with Crippen molar-refractivity contribution in [2.75, 3.05) is 5.73 Å². The molecule has 0 spiro atoms. The number of benzene rings is 1. The van der Waals surface area contributed by atoms with E-state index in [1.165, 1.54) is 12.1 Å². The number of aromatic nitrogens is 2. The van der Waals surface area contributed by atoms with Crippen LogP contribution in [0.2, 0.25) is 0 Å². The Hall–Kier alpha value is -2.00. The van der Waals surface area contributed by atoms with E-state index in [1.807, 2.05) is 0 Å². The van der Waals surface area contributed by atoms with Crippen LogP contribution in [0.1, 0.15) is 11.7 Å². The summed E-state index contributed by atoms with van der Waals surface area (Å²) in [5.41, 5.74) is 5.16. The SMILES string of the molecule is Cc1nc(CNS(=O)(=O)c2ccc(N)c(F)c2)no1. The number of hydrogen-bond acceptors (Lipinski definition) is 6. The van der Waals surface area contributed by atoms with E-state index in [-0.39, 0.29) is 23.0 Å². The molecule has 0 unspecified atom stereocenters. The molecule has 9 heteroatoms. The molecule has 0 aliphatic rings. The number of rotatable bonds is 4. The molecule has 1 aromatic heterocycles. The van der Waals surface area contributed by atoms with Crippen LogP contribution in [0, 0.1) is 12.7 Å². The van der Waals surface area contributed by atoms with Crippen LogP contribution in [-0.4, -0.2) is 18.6 Å². The minimum absolute atomic E-state index is 0.118. The molecule has 0 radical (unpaired) electrons. The summed E-state index contributed by atoms with van der Waals surface area (Å²) in [6.45, 7) is 1.44. The fraction of sp³-hybridized carbons (Fsp3) is 0.200. The minimum atomic E-state index is -3.86. The standard InChI is InChI=1S/C10H11FN4O3S/c1-6-14-10(15-18-6)5-13-19(16,17)7-2-3-9(12)8(11)4-7/h2-4,13H,5,12H2,1H3. The lowest BCUT2D eigenvalue weighted by Crippen LogP contribution is -2.24. The number of sulfonamides is 1. The molecule has 2 aromatic rings. The summed E-state index contributed by atoms with van der Waals surface area (Å²) in [6.07, 6.45) is 0. The van der Waals surface area contributed by atoms with Crippen LogP contribution in [0.3, 0.4) is 0 Å². The molecular weight excluding hydrogens is 275 g/mol. The van der Waals surface area contributed by atoms with E-state index >= 15 is 0 Å². The molecule has 0 amide bonds. The first kappa shape index (κ1) is 13.4. The van der Waals surface area contributed by atoms with E-state index in [0.717, 1.165) is 6.07 Å². The van der Waals surface area contributed by atoms with Gasteiger partial charge in [-0.2, -0.15) is 4.98 Å². The van der Waals surface area contributed by atoms with Crippen LogP contribution in [0.4, 0.5) is 10.1 Å². The zero-order valence-electron chi connectivity index (χ0n) is 9.92. The number of nitrogens with zero attached hydrogens (tertiary/aromatic N) is 2. The van der Waals surface area contributed by atoms with Crippen LogP contribution in [-0.2, 0) is 16.6 Å². The predicted molar refractivity (Wildman–Crippen MR) is 63.9 cm³/mol. The Bertz CT molecular complexity index is 699. The lowest BCUT2D eigenvalue weighted by atomic mass is 10.3. The summed E-state index contributed by atoms with van der Waals surface area (Å²) >= 11 is 0. The molecule has 102 valence electrons. The van der Waals surface area contributed by atoms with Crippen molar-refractivity contribution < 1.29 is 17.3 Å². The van der Waals surface area contributed by atoms with Crippen LogP contribution in [0.25, 0.3) is 0 Å². The van der Waals surface area contributed by atoms with E-state index in [0.29, 0.717) is 5.89 Å². The van der Waals surface area contributed by atoms with Crippen molar-refractivity contribution in [1.82, 2.24) is 14.9 Å². The van der Waals surface area contributed by atoms with E-state index in [4.69, 9.17) is 10.3 Å². The fourth-order valence-corrected chi connectivity index (χ4v) is 2.32. The second-order valence-electron chi connectivity index (χ2n) is 3.74. The van der Waals surface area contributed by atoms with E-state index in [9.17, 15) is 12.8 Å². The van der Waals surface area contributed by atoms with Gasteiger partial charge in [0.1, 0.15) is 5.82 Å². The molecule has 0 aliphatic heterocycles. The fourth-order valence-electron chi connectivity index (χ4n) is 1.33. The van der Waals surface area contributed by atoms with Crippen LogP contribution >= 0.6 is 0 Å². The first-order valence-corrected chi connectivity index (χ1v) is 6.71. The lowest BCUT2D eigenvalue weighted by Gasteiger charge is -2.05. The highest BCUT2D eigenvalue weighted by Crippen LogP contribution is 2.16. The molecule has 0 saturated carbocycles. The highest BCUT2D eigenvalue weighted by Gasteiger charge is 2.16. The maximum absolute atomic E-state index is 13.2. The Morgan fingerprint density at radius 3 is 2.79 bits per heavy atom. The zero-order chi connectivity index (χ0) is 14.0. The van der Waals surface area contributed by atoms with Gasteiger partial charge in [0.2, 0.25) is 15.9 Å². The molecule has 0 atom stereocenters. The number of halogens is 1. The van der Waals surface area contributed by atoms with E-state index < -0.39 is 15.8 Å². The molecule has 3 N–H and O–H groups in total. The van der Waals surface area contributed by atoms with Gasteiger partial charge in [0, 0.05) is 6.92 Å². The summed E-state index contributed by atoms with van der Waals surface area (Å²) in [6, 6.07) is 3.24. The normalized spacial score (nSPS) is 11.7. The Morgan fingerprint density at radius 2 is 2.21 bits per heavy atom. The summed E-state index contributed by atoms with van der Waals surface area (Å²) in [5, 5.41) is 3.54. The molecule has 2 rings (SSSR count). The maximum atomic E-state index is 13.2. The molecule has 0 bridgehead atoms. The van der Waals surface area contributed by atoms with Gasteiger partial charge in [-0.1, -0.05) is 5.16 Å². The van der Waals surface area contributed by atoms with Crippen molar-refractivity contribution >= 4 is 15.7 Å². The van der Waals surface area contributed by atoms with Gasteiger partial charge in [0.15, 0.2) is 5.82 Å². The third-order valence-corrected chi connectivity index (χ3v) is 3.67.